The van der Waals surface area contributed by atoms with Gasteiger partial charge < -0.3 is 14.9 Å². The van der Waals surface area contributed by atoms with Gasteiger partial charge in [0.25, 0.3) is 0 Å². The molecule has 2 N–H and O–H groups in total. The summed E-state index contributed by atoms with van der Waals surface area (Å²) >= 11 is 0. The van der Waals surface area contributed by atoms with Crippen molar-refractivity contribution in [3.63, 3.8) is 0 Å². The molecular formula is C20H19NO5. The summed E-state index contributed by atoms with van der Waals surface area (Å²) < 4.78 is 5.46. The number of carbonyl (C=O) groups excluding carboxylic acids is 1. The van der Waals surface area contributed by atoms with E-state index in [1.54, 1.807) is 0 Å². The summed E-state index contributed by atoms with van der Waals surface area (Å²) in [4.78, 5) is 24.8. The minimum atomic E-state index is -1.13. The minimum absolute atomic E-state index is 0.0202. The second kappa shape index (κ2) is 6.46. The fraction of sp³-hybridized carbons (Fsp3) is 0.300. The molecule has 0 aromatic heterocycles. The van der Waals surface area contributed by atoms with E-state index in [-0.39, 0.29) is 25.5 Å². The minimum Gasteiger partial charge on any atom is -0.480 e. The number of nitrogens with zero attached hydrogens (tertiary/aromatic N) is 1. The highest BCUT2D eigenvalue weighted by molar-refractivity contribution is 5.81. The van der Waals surface area contributed by atoms with Crippen molar-refractivity contribution in [1.82, 2.24) is 4.90 Å². The van der Waals surface area contributed by atoms with Gasteiger partial charge in [-0.05, 0) is 22.3 Å². The van der Waals surface area contributed by atoms with Crippen LogP contribution in [0.15, 0.2) is 48.5 Å². The van der Waals surface area contributed by atoms with E-state index < -0.39 is 24.2 Å². The average molecular weight is 353 g/mol. The van der Waals surface area contributed by atoms with Crippen LogP contribution in [0.2, 0.25) is 0 Å². The van der Waals surface area contributed by atoms with E-state index in [9.17, 15) is 19.8 Å². The molecule has 26 heavy (non-hydrogen) atoms. The van der Waals surface area contributed by atoms with Crippen molar-refractivity contribution in [3.05, 3.63) is 59.7 Å². The van der Waals surface area contributed by atoms with Crippen LogP contribution in [0.5, 0.6) is 0 Å². The van der Waals surface area contributed by atoms with Gasteiger partial charge in [-0.15, -0.1) is 0 Å². The first kappa shape index (κ1) is 16.6. The predicted molar refractivity (Wildman–Crippen MR) is 93.8 cm³/mol. The number of likely N-dealkylation sites (tertiary alicyclic amines) is 1. The maximum absolute atomic E-state index is 12.4. The molecule has 2 aliphatic rings. The van der Waals surface area contributed by atoms with E-state index in [1.807, 2.05) is 48.5 Å². The molecule has 0 spiro atoms. The van der Waals surface area contributed by atoms with Crippen LogP contribution in [0.4, 0.5) is 4.79 Å². The van der Waals surface area contributed by atoms with Gasteiger partial charge in [0.2, 0.25) is 0 Å². The molecule has 2 atom stereocenters. The number of aliphatic hydroxyl groups excluding tert-OH is 1. The number of ether oxygens (including phenoxy) is 1. The number of fused-ring (bicyclic) bond motifs is 3. The van der Waals surface area contributed by atoms with Crippen LogP contribution in [0.25, 0.3) is 11.1 Å². The first-order valence-electron chi connectivity index (χ1n) is 8.58. The number of aliphatic hydroxyl groups is 1. The molecule has 6 heteroatoms. The molecule has 0 radical (unpaired) electrons. The first-order valence-corrected chi connectivity index (χ1v) is 8.58. The van der Waals surface area contributed by atoms with Crippen molar-refractivity contribution < 1.29 is 24.5 Å². The van der Waals surface area contributed by atoms with E-state index in [0.717, 1.165) is 27.2 Å². The molecule has 0 bridgehead atoms. The summed E-state index contributed by atoms with van der Waals surface area (Å²) in [5, 5.41) is 18.9. The summed E-state index contributed by atoms with van der Waals surface area (Å²) in [6.07, 6.45) is -1.51. The van der Waals surface area contributed by atoms with E-state index in [2.05, 4.69) is 0 Å². The Morgan fingerprint density at radius 3 is 2.19 bits per heavy atom. The molecule has 134 valence electrons. The van der Waals surface area contributed by atoms with Gasteiger partial charge in [-0.25, -0.2) is 9.59 Å². The second-order valence-electron chi connectivity index (χ2n) is 6.70. The van der Waals surface area contributed by atoms with Crippen LogP contribution in [0, 0.1) is 0 Å². The summed E-state index contributed by atoms with van der Waals surface area (Å²) in [6, 6.07) is 15.0. The van der Waals surface area contributed by atoms with Crippen molar-refractivity contribution in [2.24, 2.45) is 0 Å². The van der Waals surface area contributed by atoms with Crippen molar-refractivity contribution in [3.8, 4) is 11.1 Å². The van der Waals surface area contributed by atoms with Crippen LogP contribution in [0.1, 0.15) is 23.5 Å². The molecule has 6 nitrogen and oxygen atoms in total. The van der Waals surface area contributed by atoms with Gasteiger partial charge in [-0.2, -0.15) is 0 Å². The summed E-state index contributed by atoms with van der Waals surface area (Å²) in [5.41, 5.74) is 4.45. The zero-order chi connectivity index (χ0) is 18.3. The zero-order valence-corrected chi connectivity index (χ0v) is 14.0. The quantitative estimate of drug-likeness (QED) is 0.885. The molecule has 0 saturated carbocycles. The monoisotopic (exact) mass is 353 g/mol. The Kier molecular flexibility index (Phi) is 4.12. The Labute approximate surface area is 150 Å². The maximum atomic E-state index is 12.4. The summed E-state index contributed by atoms with van der Waals surface area (Å²) in [6.45, 7) is 0.111. The molecule has 1 fully saturated rings. The van der Waals surface area contributed by atoms with E-state index in [1.165, 1.54) is 0 Å². The smallest absolute Gasteiger partial charge is 0.410 e. The molecule has 4 rings (SSSR count). The highest BCUT2D eigenvalue weighted by Crippen LogP contribution is 2.44. The fourth-order valence-corrected chi connectivity index (χ4v) is 3.93. The molecule has 1 amide bonds. The Morgan fingerprint density at radius 2 is 1.62 bits per heavy atom. The lowest BCUT2D eigenvalue weighted by Crippen LogP contribution is -2.41. The molecule has 1 saturated heterocycles. The zero-order valence-electron chi connectivity index (χ0n) is 14.0. The number of rotatable bonds is 3. The molecule has 2 aromatic rings. The number of amides is 1. The molecular weight excluding hydrogens is 334 g/mol. The number of hydrogen-bond acceptors (Lipinski definition) is 4. The maximum Gasteiger partial charge on any atom is 0.410 e. The van der Waals surface area contributed by atoms with Crippen LogP contribution in [-0.2, 0) is 9.53 Å². The van der Waals surface area contributed by atoms with Gasteiger partial charge in [-0.1, -0.05) is 48.5 Å². The Morgan fingerprint density at radius 1 is 1.04 bits per heavy atom. The Balaban J connectivity index is 1.53. The van der Waals surface area contributed by atoms with Gasteiger partial charge >= 0.3 is 12.1 Å². The molecule has 2 aromatic carbocycles. The van der Waals surface area contributed by atoms with Crippen LogP contribution in [-0.4, -0.2) is 52.5 Å². The standard InChI is InChI=1S/C20H19NO5/c22-12-9-18(19(23)24)21(10-12)20(25)26-11-17-15-7-3-1-5-13(15)14-6-2-4-8-16(14)17/h1-8,12,17-18,22H,9-11H2,(H,23,24)/t12-,18+/m1/s1. The lowest BCUT2D eigenvalue weighted by atomic mass is 9.98. The van der Waals surface area contributed by atoms with E-state index >= 15 is 0 Å². The highest BCUT2D eigenvalue weighted by Gasteiger charge is 2.40. The third-order valence-electron chi connectivity index (χ3n) is 5.13. The predicted octanol–water partition coefficient (Wildman–Crippen LogP) is 2.46. The molecule has 1 aliphatic heterocycles. The van der Waals surface area contributed by atoms with Gasteiger partial charge in [0, 0.05) is 12.3 Å². The second-order valence-corrected chi connectivity index (χ2v) is 6.70. The number of carboxylic acids is 1. The average Bonchev–Trinajstić information content (AvgIpc) is 3.18. The number of carbonyl (C=O) groups is 2. The van der Waals surface area contributed by atoms with Crippen LogP contribution < -0.4 is 0 Å². The fourth-order valence-electron chi connectivity index (χ4n) is 3.93. The third-order valence-corrected chi connectivity index (χ3v) is 5.13. The highest BCUT2D eigenvalue weighted by atomic mass is 16.6. The van der Waals surface area contributed by atoms with Gasteiger partial charge in [0.1, 0.15) is 12.6 Å². The Bertz CT molecular complexity index is 819. The van der Waals surface area contributed by atoms with Crippen LogP contribution >= 0.6 is 0 Å². The first-order chi connectivity index (χ1) is 12.6. The lowest BCUT2D eigenvalue weighted by Gasteiger charge is -2.22. The number of carboxylic acid groups (broad SMARTS) is 1. The van der Waals surface area contributed by atoms with Crippen molar-refractivity contribution in [2.75, 3.05) is 13.2 Å². The molecule has 1 heterocycles. The van der Waals surface area contributed by atoms with E-state index in [0.29, 0.717) is 0 Å². The summed E-state index contributed by atoms with van der Waals surface area (Å²) in [7, 11) is 0. The number of β-amino-alcohol motifs (C(OH)–C–C–N with tert-alkyl or cyclic N) is 1. The third kappa shape index (κ3) is 2.72. The lowest BCUT2D eigenvalue weighted by molar-refractivity contribution is -0.141. The van der Waals surface area contributed by atoms with Crippen molar-refractivity contribution >= 4 is 12.1 Å². The van der Waals surface area contributed by atoms with E-state index in [4.69, 9.17) is 4.74 Å². The van der Waals surface area contributed by atoms with Gasteiger partial charge in [0.05, 0.1) is 12.6 Å². The largest absolute Gasteiger partial charge is 0.480 e. The number of hydrogen-bond donors (Lipinski definition) is 2. The SMILES string of the molecule is O=C(O)[C@@H]1C[C@@H](O)CN1C(=O)OCC1c2ccccc2-c2ccccc21. The number of aliphatic carboxylic acids is 1. The van der Waals surface area contributed by atoms with Crippen LogP contribution in [0.3, 0.4) is 0 Å². The normalized spacial score (nSPS) is 21.3. The topological polar surface area (TPSA) is 87.1 Å². The Hall–Kier alpha value is -2.86. The van der Waals surface area contributed by atoms with Gasteiger partial charge in [-0.3, -0.25) is 4.90 Å². The van der Waals surface area contributed by atoms with Crippen molar-refractivity contribution in [2.45, 2.75) is 24.5 Å². The molecule has 0 unspecified atom stereocenters. The summed E-state index contributed by atoms with van der Waals surface area (Å²) in [5.74, 6) is -1.21. The van der Waals surface area contributed by atoms with Gasteiger partial charge in [0.15, 0.2) is 0 Å². The number of benzene rings is 2. The van der Waals surface area contributed by atoms with Crippen molar-refractivity contribution in [1.29, 1.82) is 0 Å². The molecule has 1 aliphatic carbocycles.